The van der Waals surface area contributed by atoms with E-state index >= 15 is 0 Å². The molecule has 1 heterocycles. The molecular weight excluding hydrogens is 328 g/mol. The number of aryl methyl sites for hydroxylation is 1. The van der Waals surface area contributed by atoms with Crippen molar-refractivity contribution in [2.75, 3.05) is 11.9 Å². The van der Waals surface area contributed by atoms with Crippen molar-refractivity contribution in [2.24, 2.45) is 0 Å². The van der Waals surface area contributed by atoms with Crippen LogP contribution in [0.25, 0.3) is 0 Å². The van der Waals surface area contributed by atoms with Gasteiger partial charge in [-0.15, -0.1) is 0 Å². The van der Waals surface area contributed by atoms with Gasteiger partial charge in [0.2, 0.25) is 5.91 Å². The predicted octanol–water partition coefficient (Wildman–Crippen LogP) is 3.27. The summed E-state index contributed by atoms with van der Waals surface area (Å²) in [6.45, 7) is 1.99. The number of hydrogen-bond acceptors (Lipinski definition) is 3. The average Bonchev–Trinajstić information content (AvgIpc) is 2.78. The topological polar surface area (TPSA) is 66.5 Å². The minimum atomic E-state index is -0.416. The Labute approximate surface area is 144 Å². The zero-order chi connectivity index (χ0) is 17.3. The Morgan fingerprint density at radius 2 is 1.71 bits per heavy atom. The summed E-state index contributed by atoms with van der Waals surface area (Å²) in [6.07, 6.45) is 0.0348. The van der Waals surface area contributed by atoms with Gasteiger partial charge in [0.1, 0.15) is 0 Å². The SMILES string of the molecule is Cc1ccc(NC(=O)CCN2C(=O)c3ccc(Cl)cc3C2=O)cc1. The molecule has 1 N–H and O–H groups in total. The lowest BCUT2D eigenvalue weighted by atomic mass is 10.1. The first-order chi connectivity index (χ1) is 11.5. The second-order valence-corrected chi connectivity index (χ2v) is 6.05. The van der Waals surface area contributed by atoms with Gasteiger partial charge in [-0.25, -0.2) is 0 Å². The second-order valence-electron chi connectivity index (χ2n) is 5.62. The molecule has 0 aromatic heterocycles. The zero-order valence-electron chi connectivity index (χ0n) is 13.0. The van der Waals surface area contributed by atoms with Gasteiger partial charge in [-0.3, -0.25) is 19.3 Å². The summed E-state index contributed by atoms with van der Waals surface area (Å²) in [4.78, 5) is 37.6. The number of amides is 3. The maximum Gasteiger partial charge on any atom is 0.261 e. The molecule has 0 unspecified atom stereocenters. The molecule has 1 aliphatic rings. The molecule has 24 heavy (non-hydrogen) atoms. The number of carbonyl (C=O) groups is 3. The van der Waals surface area contributed by atoms with Gasteiger partial charge in [-0.05, 0) is 37.3 Å². The first-order valence-electron chi connectivity index (χ1n) is 7.48. The number of anilines is 1. The van der Waals surface area contributed by atoms with E-state index in [9.17, 15) is 14.4 Å². The molecule has 0 radical (unpaired) electrons. The number of imide groups is 1. The molecule has 0 spiro atoms. The second kappa shape index (κ2) is 6.45. The summed E-state index contributed by atoms with van der Waals surface area (Å²) in [5.74, 6) is -1.07. The number of nitrogens with one attached hydrogen (secondary N) is 1. The molecule has 1 aliphatic heterocycles. The highest BCUT2D eigenvalue weighted by atomic mass is 35.5. The summed E-state index contributed by atoms with van der Waals surface area (Å²) in [5, 5.41) is 3.14. The average molecular weight is 343 g/mol. The molecule has 0 saturated heterocycles. The van der Waals surface area contributed by atoms with Crippen molar-refractivity contribution in [3.8, 4) is 0 Å². The Morgan fingerprint density at radius 3 is 2.42 bits per heavy atom. The molecule has 0 fully saturated rings. The third-order valence-corrected chi connectivity index (χ3v) is 4.07. The molecule has 2 aromatic carbocycles. The van der Waals surface area contributed by atoms with Crippen molar-refractivity contribution in [3.63, 3.8) is 0 Å². The summed E-state index contributed by atoms with van der Waals surface area (Å²) >= 11 is 5.87. The number of hydrogen-bond donors (Lipinski definition) is 1. The Kier molecular flexibility index (Phi) is 4.36. The molecule has 2 aromatic rings. The van der Waals surface area contributed by atoms with Crippen molar-refractivity contribution in [1.29, 1.82) is 0 Å². The van der Waals surface area contributed by atoms with E-state index in [1.807, 2.05) is 19.1 Å². The van der Waals surface area contributed by atoms with Crippen molar-refractivity contribution in [1.82, 2.24) is 4.90 Å². The molecule has 0 aliphatic carbocycles. The molecule has 0 bridgehead atoms. The van der Waals surface area contributed by atoms with E-state index in [2.05, 4.69) is 5.32 Å². The van der Waals surface area contributed by atoms with Crippen LogP contribution in [-0.2, 0) is 4.79 Å². The molecule has 3 rings (SSSR count). The van der Waals surface area contributed by atoms with Crippen molar-refractivity contribution in [3.05, 3.63) is 64.2 Å². The van der Waals surface area contributed by atoms with Gasteiger partial charge in [0.25, 0.3) is 11.8 Å². The van der Waals surface area contributed by atoms with Crippen LogP contribution in [0, 0.1) is 6.92 Å². The van der Waals surface area contributed by atoms with Gasteiger partial charge in [-0.1, -0.05) is 29.3 Å². The van der Waals surface area contributed by atoms with Crippen LogP contribution in [0.4, 0.5) is 5.69 Å². The number of nitrogens with zero attached hydrogens (tertiary/aromatic N) is 1. The lowest BCUT2D eigenvalue weighted by Gasteiger charge is -2.13. The molecular formula is C18H15ClN2O3. The highest BCUT2D eigenvalue weighted by Gasteiger charge is 2.35. The Morgan fingerprint density at radius 1 is 1.04 bits per heavy atom. The summed E-state index contributed by atoms with van der Waals surface area (Å²) in [6, 6.07) is 12.0. The molecule has 0 saturated carbocycles. The van der Waals surface area contributed by atoms with E-state index in [1.54, 1.807) is 18.2 Å². The summed E-state index contributed by atoms with van der Waals surface area (Å²) in [7, 11) is 0. The molecule has 3 amide bonds. The van der Waals surface area contributed by atoms with Gasteiger partial charge in [-0.2, -0.15) is 0 Å². The quantitative estimate of drug-likeness (QED) is 0.867. The third kappa shape index (κ3) is 3.16. The van der Waals surface area contributed by atoms with Crippen LogP contribution in [0.2, 0.25) is 5.02 Å². The van der Waals surface area contributed by atoms with E-state index in [-0.39, 0.29) is 24.4 Å². The molecule has 0 atom stereocenters. The van der Waals surface area contributed by atoms with Crippen molar-refractivity contribution < 1.29 is 14.4 Å². The van der Waals surface area contributed by atoms with Crippen LogP contribution in [0.5, 0.6) is 0 Å². The van der Waals surface area contributed by atoms with E-state index in [1.165, 1.54) is 12.1 Å². The highest BCUT2D eigenvalue weighted by molar-refractivity contribution is 6.32. The first kappa shape index (κ1) is 16.2. The minimum absolute atomic E-state index is 0.0294. The molecule has 6 heteroatoms. The number of fused-ring (bicyclic) bond motifs is 1. The van der Waals surface area contributed by atoms with Crippen LogP contribution in [0.1, 0.15) is 32.7 Å². The fourth-order valence-corrected chi connectivity index (χ4v) is 2.71. The highest BCUT2D eigenvalue weighted by Crippen LogP contribution is 2.25. The van der Waals surface area contributed by atoms with Crippen LogP contribution >= 0.6 is 11.6 Å². The minimum Gasteiger partial charge on any atom is -0.326 e. The normalized spacial score (nSPS) is 13.2. The van der Waals surface area contributed by atoms with Crippen LogP contribution in [-0.4, -0.2) is 29.2 Å². The van der Waals surface area contributed by atoms with Gasteiger partial charge < -0.3 is 5.32 Å². The maximum absolute atomic E-state index is 12.3. The van der Waals surface area contributed by atoms with Crippen molar-refractivity contribution >= 4 is 35.0 Å². The van der Waals surface area contributed by atoms with Gasteiger partial charge in [0.05, 0.1) is 11.1 Å². The molecule has 122 valence electrons. The third-order valence-electron chi connectivity index (χ3n) is 3.83. The Bertz CT molecular complexity index is 831. The lowest BCUT2D eigenvalue weighted by molar-refractivity contribution is -0.116. The van der Waals surface area contributed by atoms with Gasteiger partial charge in [0.15, 0.2) is 0 Å². The van der Waals surface area contributed by atoms with Gasteiger partial charge in [0, 0.05) is 23.7 Å². The Hall–Kier alpha value is -2.66. The number of rotatable bonds is 4. The monoisotopic (exact) mass is 342 g/mol. The van der Waals surface area contributed by atoms with E-state index < -0.39 is 11.8 Å². The number of benzene rings is 2. The van der Waals surface area contributed by atoms with E-state index in [0.29, 0.717) is 16.3 Å². The van der Waals surface area contributed by atoms with Crippen LogP contribution in [0.15, 0.2) is 42.5 Å². The smallest absolute Gasteiger partial charge is 0.261 e. The standard InChI is InChI=1S/C18H15ClN2O3/c1-11-2-5-13(6-3-11)20-16(22)8-9-21-17(23)14-7-4-12(19)10-15(14)18(21)24/h2-7,10H,8-9H2,1H3,(H,20,22). The zero-order valence-corrected chi connectivity index (χ0v) is 13.8. The summed E-state index contributed by atoms with van der Waals surface area (Å²) < 4.78 is 0. The van der Waals surface area contributed by atoms with Crippen LogP contribution < -0.4 is 5.32 Å². The predicted molar refractivity (Wildman–Crippen MR) is 91.2 cm³/mol. The largest absolute Gasteiger partial charge is 0.326 e. The van der Waals surface area contributed by atoms with E-state index in [4.69, 9.17) is 11.6 Å². The number of halogens is 1. The Balaban J connectivity index is 1.63. The fraction of sp³-hybridized carbons (Fsp3) is 0.167. The fourth-order valence-electron chi connectivity index (χ4n) is 2.54. The number of carbonyl (C=O) groups excluding carboxylic acids is 3. The van der Waals surface area contributed by atoms with E-state index in [0.717, 1.165) is 10.5 Å². The van der Waals surface area contributed by atoms with Crippen molar-refractivity contribution in [2.45, 2.75) is 13.3 Å². The lowest BCUT2D eigenvalue weighted by Crippen LogP contribution is -2.32. The molecule has 5 nitrogen and oxygen atoms in total. The maximum atomic E-state index is 12.3. The van der Waals surface area contributed by atoms with Crippen LogP contribution in [0.3, 0.4) is 0 Å². The van der Waals surface area contributed by atoms with Gasteiger partial charge >= 0.3 is 0 Å². The first-order valence-corrected chi connectivity index (χ1v) is 7.86. The summed E-state index contributed by atoms with van der Waals surface area (Å²) in [5.41, 5.74) is 2.38.